The molecule has 0 atom stereocenters. The second-order valence-corrected chi connectivity index (χ2v) is 7.29. The molecule has 4 rings (SSSR count). The molecule has 0 bridgehead atoms. The summed E-state index contributed by atoms with van der Waals surface area (Å²) < 4.78 is 8.16. The van der Waals surface area contributed by atoms with E-state index in [1.807, 2.05) is 55.5 Å². The van der Waals surface area contributed by atoms with Crippen LogP contribution >= 0.6 is 11.3 Å². The van der Waals surface area contributed by atoms with E-state index in [-0.39, 0.29) is 5.91 Å². The molecule has 0 N–H and O–H groups in total. The Morgan fingerprint density at radius 2 is 2.00 bits per heavy atom. The molecule has 0 radical (unpaired) electrons. The van der Waals surface area contributed by atoms with Crippen LogP contribution in [0.5, 0.6) is 5.75 Å². The summed E-state index contributed by atoms with van der Waals surface area (Å²) in [7, 11) is 1.76. The summed E-state index contributed by atoms with van der Waals surface area (Å²) in [6, 6.07) is 17.4. The molecule has 142 valence electrons. The maximum absolute atomic E-state index is 13.3. The Hall–Kier alpha value is -3.19. The van der Waals surface area contributed by atoms with Gasteiger partial charge in [0.1, 0.15) is 11.4 Å². The van der Waals surface area contributed by atoms with E-state index in [9.17, 15) is 4.79 Å². The molecule has 0 saturated heterocycles. The number of hydrogen-bond donors (Lipinski definition) is 0. The van der Waals surface area contributed by atoms with Gasteiger partial charge in [0.25, 0.3) is 5.91 Å². The lowest BCUT2D eigenvalue weighted by Crippen LogP contribution is -2.31. The Bertz CT molecular complexity index is 1100. The number of anilines is 1. The zero-order chi connectivity index (χ0) is 19.5. The Morgan fingerprint density at radius 1 is 1.18 bits per heavy atom. The van der Waals surface area contributed by atoms with Crippen molar-refractivity contribution in [3.63, 3.8) is 0 Å². The van der Waals surface area contributed by atoms with E-state index < -0.39 is 0 Å². The van der Waals surface area contributed by atoms with Crippen molar-refractivity contribution in [2.45, 2.75) is 13.5 Å². The summed E-state index contributed by atoms with van der Waals surface area (Å²) in [5, 5.41) is 4.78. The first-order chi connectivity index (χ1) is 13.7. The molecule has 6 nitrogen and oxygen atoms in total. The summed E-state index contributed by atoms with van der Waals surface area (Å²) >= 11 is 1.48. The van der Waals surface area contributed by atoms with Crippen molar-refractivity contribution in [3.05, 3.63) is 72.1 Å². The molecule has 4 aromatic rings. The van der Waals surface area contributed by atoms with Crippen molar-refractivity contribution in [2.75, 3.05) is 11.5 Å². The predicted octanol–water partition coefficient (Wildman–Crippen LogP) is 4.28. The second-order valence-electron chi connectivity index (χ2n) is 6.28. The Morgan fingerprint density at radius 3 is 2.71 bits per heavy atom. The lowest BCUT2D eigenvalue weighted by molar-refractivity contribution is 0.0976. The van der Waals surface area contributed by atoms with Crippen molar-refractivity contribution >= 4 is 32.6 Å². The highest BCUT2D eigenvalue weighted by Crippen LogP contribution is 2.33. The van der Waals surface area contributed by atoms with Gasteiger partial charge in [-0.3, -0.25) is 14.4 Å². The number of aromatic nitrogens is 3. The zero-order valence-electron chi connectivity index (χ0n) is 15.7. The molecule has 0 fully saturated rings. The van der Waals surface area contributed by atoms with Crippen molar-refractivity contribution in [1.82, 2.24) is 14.8 Å². The van der Waals surface area contributed by atoms with Gasteiger partial charge in [0.15, 0.2) is 5.13 Å². The topological polar surface area (TPSA) is 60.2 Å². The third-order valence-corrected chi connectivity index (χ3v) is 5.40. The van der Waals surface area contributed by atoms with Gasteiger partial charge >= 0.3 is 0 Å². The minimum Gasteiger partial charge on any atom is -0.494 e. The molecule has 7 heteroatoms. The maximum Gasteiger partial charge on any atom is 0.278 e. The van der Waals surface area contributed by atoms with Crippen LogP contribution in [0.2, 0.25) is 0 Å². The van der Waals surface area contributed by atoms with E-state index in [2.05, 4.69) is 5.10 Å². The fraction of sp³-hybridized carbons (Fsp3) is 0.190. The summed E-state index contributed by atoms with van der Waals surface area (Å²) in [4.78, 5) is 19.7. The molecular weight excluding hydrogens is 372 g/mol. The van der Waals surface area contributed by atoms with Crippen molar-refractivity contribution < 1.29 is 9.53 Å². The third kappa shape index (κ3) is 3.61. The summed E-state index contributed by atoms with van der Waals surface area (Å²) in [5.41, 5.74) is 2.40. The monoisotopic (exact) mass is 392 g/mol. The Kier molecular flexibility index (Phi) is 5.08. The van der Waals surface area contributed by atoms with Gasteiger partial charge in [-0.05, 0) is 36.8 Å². The van der Waals surface area contributed by atoms with Gasteiger partial charge < -0.3 is 4.74 Å². The van der Waals surface area contributed by atoms with Crippen LogP contribution in [0.25, 0.3) is 10.2 Å². The Labute approximate surface area is 167 Å². The molecule has 2 heterocycles. The molecule has 0 unspecified atom stereocenters. The first kappa shape index (κ1) is 18.2. The van der Waals surface area contributed by atoms with Crippen molar-refractivity contribution in [1.29, 1.82) is 0 Å². The number of aryl methyl sites for hydroxylation is 1. The minimum atomic E-state index is -0.132. The second kappa shape index (κ2) is 7.82. The van der Waals surface area contributed by atoms with Gasteiger partial charge in [0.2, 0.25) is 0 Å². The highest BCUT2D eigenvalue weighted by Gasteiger charge is 2.24. The standard InChI is InChI=1S/C21H20N4O2S/c1-3-27-16-9-10-17-19(13-16)28-21(23-17)25(14-15-7-5-4-6-8-15)20(26)18-11-12-22-24(18)2/h4-13H,3,14H2,1-2H3. The lowest BCUT2D eigenvalue weighted by Gasteiger charge is -2.20. The van der Waals surface area contributed by atoms with Gasteiger partial charge in [-0.15, -0.1) is 0 Å². The molecule has 1 amide bonds. The average Bonchev–Trinajstić information content (AvgIpc) is 3.32. The first-order valence-corrected chi connectivity index (χ1v) is 9.84. The van der Waals surface area contributed by atoms with E-state index in [1.54, 1.807) is 28.9 Å². The number of amides is 1. The highest BCUT2D eigenvalue weighted by atomic mass is 32.1. The number of ether oxygens (including phenoxy) is 1. The van der Waals surface area contributed by atoms with Crippen LogP contribution in [-0.2, 0) is 13.6 Å². The van der Waals surface area contributed by atoms with Gasteiger partial charge in [-0.2, -0.15) is 5.10 Å². The van der Waals surface area contributed by atoms with Crippen molar-refractivity contribution in [3.8, 4) is 5.75 Å². The number of benzene rings is 2. The average molecular weight is 392 g/mol. The molecule has 0 spiro atoms. The van der Waals surface area contributed by atoms with E-state index in [4.69, 9.17) is 9.72 Å². The van der Waals surface area contributed by atoms with Gasteiger partial charge in [0, 0.05) is 13.2 Å². The van der Waals surface area contributed by atoms with Crippen LogP contribution in [0.3, 0.4) is 0 Å². The molecule has 0 saturated carbocycles. The normalized spacial score (nSPS) is 10.9. The fourth-order valence-electron chi connectivity index (χ4n) is 2.98. The summed E-state index contributed by atoms with van der Waals surface area (Å²) in [6.07, 6.45) is 1.63. The molecule has 0 aliphatic heterocycles. The van der Waals surface area contributed by atoms with Crippen LogP contribution in [-0.4, -0.2) is 27.3 Å². The summed E-state index contributed by atoms with van der Waals surface area (Å²) in [5.74, 6) is 0.672. The van der Waals surface area contributed by atoms with Crippen LogP contribution < -0.4 is 9.64 Å². The van der Waals surface area contributed by atoms with E-state index in [1.165, 1.54) is 11.3 Å². The SMILES string of the molecule is CCOc1ccc2nc(N(Cc3ccccc3)C(=O)c3ccnn3C)sc2c1. The minimum absolute atomic E-state index is 0.132. The predicted molar refractivity (Wildman–Crippen MR) is 111 cm³/mol. The van der Waals surface area contributed by atoms with Gasteiger partial charge in [0.05, 0.1) is 23.4 Å². The number of thiazole rings is 1. The number of carbonyl (C=O) groups excluding carboxylic acids is 1. The maximum atomic E-state index is 13.3. The first-order valence-electron chi connectivity index (χ1n) is 9.03. The van der Waals surface area contributed by atoms with Crippen molar-refractivity contribution in [2.24, 2.45) is 7.05 Å². The van der Waals surface area contributed by atoms with Gasteiger partial charge in [-0.25, -0.2) is 4.98 Å². The van der Waals surface area contributed by atoms with Crippen LogP contribution in [0.15, 0.2) is 60.8 Å². The molecule has 0 aliphatic carbocycles. The van der Waals surface area contributed by atoms with E-state index in [0.717, 1.165) is 21.5 Å². The summed E-state index contributed by atoms with van der Waals surface area (Å²) in [6.45, 7) is 3.00. The molecular formula is C21H20N4O2S. The van der Waals surface area contributed by atoms with Gasteiger partial charge in [-0.1, -0.05) is 41.7 Å². The van der Waals surface area contributed by atoms with Crippen LogP contribution in [0.1, 0.15) is 23.0 Å². The molecule has 28 heavy (non-hydrogen) atoms. The fourth-order valence-corrected chi connectivity index (χ4v) is 3.97. The number of carbonyl (C=O) groups is 1. The number of rotatable bonds is 6. The van der Waals surface area contributed by atoms with Crippen LogP contribution in [0, 0.1) is 0 Å². The number of fused-ring (bicyclic) bond motifs is 1. The largest absolute Gasteiger partial charge is 0.494 e. The number of nitrogens with zero attached hydrogens (tertiary/aromatic N) is 4. The molecule has 2 aromatic heterocycles. The van der Waals surface area contributed by atoms with Crippen LogP contribution in [0.4, 0.5) is 5.13 Å². The number of hydrogen-bond acceptors (Lipinski definition) is 5. The van der Waals surface area contributed by atoms with E-state index in [0.29, 0.717) is 24.0 Å². The third-order valence-electron chi connectivity index (χ3n) is 4.36. The quantitative estimate of drug-likeness (QED) is 0.491. The molecule has 2 aromatic carbocycles. The molecule has 0 aliphatic rings. The Balaban J connectivity index is 1.75. The zero-order valence-corrected chi connectivity index (χ0v) is 16.5. The smallest absolute Gasteiger partial charge is 0.278 e. The van der Waals surface area contributed by atoms with E-state index >= 15 is 0 Å². The lowest BCUT2D eigenvalue weighted by atomic mass is 10.2. The highest BCUT2D eigenvalue weighted by molar-refractivity contribution is 7.22.